The maximum absolute atomic E-state index is 13.0. The van der Waals surface area contributed by atoms with Gasteiger partial charge in [0.2, 0.25) is 5.91 Å². The molecule has 0 aromatic heterocycles. The van der Waals surface area contributed by atoms with E-state index in [1.54, 1.807) is 35.2 Å². The summed E-state index contributed by atoms with van der Waals surface area (Å²) in [5.74, 6) is -1.44. The van der Waals surface area contributed by atoms with Crippen LogP contribution in [0.25, 0.3) is 0 Å². The second-order valence-electron chi connectivity index (χ2n) is 6.24. The number of nitrogens with one attached hydrogen (secondary N) is 1. The molecule has 1 saturated heterocycles. The molecule has 1 aliphatic heterocycles. The summed E-state index contributed by atoms with van der Waals surface area (Å²) in [6.07, 6.45) is 1.36. The molecule has 2 aromatic rings. The molecule has 6 heteroatoms. The third kappa shape index (κ3) is 4.21. The van der Waals surface area contributed by atoms with E-state index in [0.29, 0.717) is 24.1 Å². The van der Waals surface area contributed by atoms with Crippen LogP contribution in [-0.2, 0) is 4.79 Å². The zero-order valence-corrected chi connectivity index (χ0v) is 14.2. The van der Waals surface area contributed by atoms with Crippen molar-refractivity contribution in [1.82, 2.24) is 10.2 Å². The summed E-state index contributed by atoms with van der Waals surface area (Å²) in [6.45, 7) is 0.661. The molecule has 0 saturated carbocycles. The van der Waals surface area contributed by atoms with Crippen LogP contribution in [0.15, 0.2) is 54.6 Å². The van der Waals surface area contributed by atoms with E-state index in [4.69, 9.17) is 0 Å². The molecule has 3 rings (SSSR count). The second kappa shape index (κ2) is 8.01. The normalized spacial score (nSPS) is 17.0. The maximum atomic E-state index is 13.0. The van der Waals surface area contributed by atoms with E-state index in [1.807, 2.05) is 0 Å². The van der Waals surface area contributed by atoms with Crippen LogP contribution in [-0.4, -0.2) is 41.6 Å². The summed E-state index contributed by atoms with van der Waals surface area (Å²) in [4.78, 5) is 38.7. The van der Waals surface area contributed by atoms with E-state index < -0.39 is 23.7 Å². The molecule has 1 fully saturated rings. The number of Topliss-reactive ketones (excluding diaryl/α,β-unsaturated/α-hetero) is 1. The van der Waals surface area contributed by atoms with E-state index in [0.717, 1.165) is 6.42 Å². The minimum atomic E-state index is -0.521. The number of hydrogen-bond acceptors (Lipinski definition) is 4. The number of nitrogens with zero attached hydrogens (tertiary/aromatic N) is 1. The Balaban J connectivity index is 1.62. The van der Waals surface area contributed by atoms with Gasteiger partial charge < -0.3 is 0 Å². The molecule has 1 heterocycles. The first-order valence-electron chi connectivity index (χ1n) is 8.47. The molecular weight excluding hydrogens is 335 g/mol. The molecule has 0 unspecified atom stereocenters. The Bertz CT molecular complexity index is 806. The van der Waals surface area contributed by atoms with E-state index >= 15 is 0 Å². The number of hydrogen-bond donors (Lipinski definition) is 1. The summed E-state index contributed by atoms with van der Waals surface area (Å²) in [5, 5.41) is 2.41. The first kappa shape index (κ1) is 17.9. The highest BCUT2D eigenvalue weighted by Gasteiger charge is 2.32. The van der Waals surface area contributed by atoms with E-state index in [9.17, 15) is 18.8 Å². The van der Waals surface area contributed by atoms with Crippen molar-refractivity contribution >= 4 is 17.6 Å². The Morgan fingerprint density at radius 2 is 1.69 bits per heavy atom. The SMILES string of the molecule is O=C(CN1CCC[C@H]1C(=O)NC(=O)c1ccccc1)c1ccc(F)cc1. The molecule has 2 aromatic carbocycles. The Kier molecular flexibility index (Phi) is 5.53. The van der Waals surface area contributed by atoms with E-state index in [1.165, 1.54) is 24.3 Å². The van der Waals surface area contributed by atoms with E-state index in [-0.39, 0.29) is 12.3 Å². The van der Waals surface area contributed by atoms with Gasteiger partial charge in [0.25, 0.3) is 5.91 Å². The van der Waals surface area contributed by atoms with Gasteiger partial charge in [-0.1, -0.05) is 18.2 Å². The van der Waals surface area contributed by atoms with Crippen molar-refractivity contribution in [3.05, 3.63) is 71.5 Å². The van der Waals surface area contributed by atoms with Crippen LogP contribution in [0.1, 0.15) is 33.6 Å². The third-order valence-corrected chi connectivity index (χ3v) is 4.45. The van der Waals surface area contributed by atoms with Crippen molar-refractivity contribution in [1.29, 1.82) is 0 Å². The van der Waals surface area contributed by atoms with Crippen LogP contribution < -0.4 is 5.32 Å². The number of rotatable bonds is 5. The highest BCUT2D eigenvalue weighted by molar-refractivity contribution is 6.06. The lowest BCUT2D eigenvalue weighted by atomic mass is 10.1. The lowest BCUT2D eigenvalue weighted by molar-refractivity contribution is -0.124. The average molecular weight is 354 g/mol. The van der Waals surface area contributed by atoms with Gasteiger partial charge in [-0.3, -0.25) is 24.6 Å². The van der Waals surface area contributed by atoms with Gasteiger partial charge in [-0.25, -0.2) is 4.39 Å². The summed E-state index contributed by atoms with van der Waals surface area (Å²) >= 11 is 0. The smallest absolute Gasteiger partial charge is 0.257 e. The summed E-state index contributed by atoms with van der Waals surface area (Å²) in [5.41, 5.74) is 0.811. The van der Waals surface area contributed by atoms with Crippen LogP contribution in [0.4, 0.5) is 4.39 Å². The Morgan fingerprint density at radius 3 is 2.38 bits per heavy atom. The fraction of sp³-hybridized carbons (Fsp3) is 0.250. The molecule has 0 aliphatic carbocycles. The number of ketones is 1. The lowest BCUT2D eigenvalue weighted by Gasteiger charge is -2.22. The van der Waals surface area contributed by atoms with Gasteiger partial charge in [-0.15, -0.1) is 0 Å². The zero-order valence-electron chi connectivity index (χ0n) is 14.2. The molecule has 1 N–H and O–H groups in total. The lowest BCUT2D eigenvalue weighted by Crippen LogP contribution is -2.46. The second-order valence-corrected chi connectivity index (χ2v) is 6.24. The van der Waals surface area contributed by atoms with Gasteiger partial charge in [-0.05, 0) is 55.8 Å². The number of carbonyl (C=O) groups is 3. The number of likely N-dealkylation sites (tertiary alicyclic amines) is 1. The first-order valence-corrected chi connectivity index (χ1v) is 8.47. The number of benzene rings is 2. The summed E-state index contributed by atoms with van der Waals surface area (Å²) in [6, 6.07) is 13.3. The van der Waals surface area contributed by atoms with Gasteiger partial charge in [0.05, 0.1) is 12.6 Å². The molecule has 1 aliphatic rings. The summed E-state index contributed by atoms with van der Waals surface area (Å²) in [7, 11) is 0. The predicted molar refractivity (Wildman–Crippen MR) is 94.2 cm³/mol. The zero-order chi connectivity index (χ0) is 18.5. The molecule has 26 heavy (non-hydrogen) atoms. The van der Waals surface area contributed by atoms with Crippen LogP contribution in [0, 0.1) is 5.82 Å². The standard InChI is InChI=1S/C20H19FN2O3/c21-16-10-8-14(9-11-16)18(24)13-23-12-4-7-17(23)20(26)22-19(25)15-5-2-1-3-6-15/h1-3,5-6,8-11,17H,4,7,12-13H2,(H,22,25,26)/t17-/m0/s1. The highest BCUT2D eigenvalue weighted by atomic mass is 19.1. The van der Waals surface area contributed by atoms with Crippen molar-refractivity contribution in [3.63, 3.8) is 0 Å². The highest BCUT2D eigenvalue weighted by Crippen LogP contribution is 2.18. The number of imide groups is 1. The number of halogens is 1. The Hall–Kier alpha value is -2.86. The Morgan fingerprint density at radius 1 is 1.00 bits per heavy atom. The monoisotopic (exact) mass is 354 g/mol. The van der Waals surface area contributed by atoms with Crippen molar-refractivity contribution in [2.24, 2.45) is 0 Å². The molecule has 0 spiro atoms. The predicted octanol–water partition coefficient (Wildman–Crippen LogP) is 2.43. The number of carbonyl (C=O) groups excluding carboxylic acids is 3. The van der Waals surface area contributed by atoms with Crippen LogP contribution in [0.5, 0.6) is 0 Å². The summed E-state index contributed by atoms with van der Waals surface area (Å²) < 4.78 is 13.0. The van der Waals surface area contributed by atoms with Gasteiger partial charge in [0, 0.05) is 11.1 Å². The van der Waals surface area contributed by atoms with Crippen LogP contribution >= 0.6 is 0 Å². The molecule has 0 radical (unpaired) electrons. The maximum Gasteiger partial charge on any atom is 0.257 e. The van der Waals surface area contributed by atoms with Gasteiger partial charge >= 0.3 is 0 Å². The molecule has 0 bridgehead atoms. The van der Waals surface area contributed by atoms with Crippen molar-refractivity contribution < 1.29 is 18.8 Å². The Labute approximate surface area is 150 Å². The van der Waals surface area contributed by atoms with Crippen molar-refractivity contribution in [3.8, 4) is 0 Å². The first-order chi connectivity index (χ1) is 12.5. The van der Waals surface area contributed by atoms with Crippen molar-refractivity contribution in [2.75, 3.05) is 13.1 Å². The molecular formula is C20H19FN2O3. The van der Waals surface area contributed by atoms with E-state index in [2.05, 4.69) is 5.32 Å². The minimum absolute atomic E-state index is 0.0588. The molecule has 5 nitrogen and oxygen atoms in total. The van der Waals surface area contributed by atoms with Crippen LogP contribution in [0.3, 0.4) is 0 Å². The fourth-order valence-electron chi connectivity index (χ4n) is 3.08. The number of amides is 2. The molecule has 134 valence electrons. The molecule has 2 amide bonds. The van der Waals surface area contributed by atoms with Crippen molar-refractivity contribution in [2.45, 2.75) is 18.9 Å². The average Bonchev–Trinajstić information content (AvgIpc) is 3.11. The van der Waals surface area contributed by atoms with Gasteiger partial charge in [0.1, 0.15) is 5.82 Å². The van der Waals surface area contributed by atoms with Gasteiger partial charge in [-0.2, -0.15) is 0 Å². The largest absolute Gasteiger partial charge is 0.293 e. The minimum Gasteiger partial charge on any atom is -0.293 e. The topological polar surface area (TPSA) is 66.5 Å². The fourth-order valence-corrected chi connectivity index (χ4v) is 3.08. The molecule has 1 atom stereocenters. The quantitative estimate of drug-likeness (QED) is 0.662. The third-order valence-electron chi connectivity index (χ3n) is 4.45. The van der Waals surface area contributed by atoms with Gasteiger partial charge in [0.15, 0.2) is 5.78 Å². The van der Waals surface area contributed by atoms with Crippen LogP contribution in [0.2, 0.25) is 0 Å².